The largest absolute Gasteiger partial charge is 0.301 e. The summed E-state index contributed by atoms with van der Waals surface area (Å²) in [5.74, 6) is 0.656. The molecule has 1 aliphatic rings. The zero-order chi connectivity index (χ0) is 11.5. The van der Waals surface area contributed by atoms with Crippen molar-refractivity contribution in [2.45, 2.75) is 38.6 Å². The van der Waals surface area contributed by atoms with Crippen LogP contribution in [0.4, 0.5) is 0 Å². The lowest BCUT2D eigenvalue weighted by molar-refractivity contribution is 0.171. The maximum absolute atomic E-state index is 4.51. The van der Waals surface area contributed by atoms with Crippen LogP contribution in [0, 0.1) is 0 Å². The zero-order valence-corrected chi connectivity index (χ0v) is 11.6. The van der Waals surface area contributed by atoms with Gasteiger partial charge in [-0.15, -0.1) is 0 Å². The number of hydrogen-bond donors (Lipinski definition) is 0. The summed E-state index contributed by atoms with van der Waals surface area (Å²) in [4.78, 5) is 7.06. The molecular weight excluding hydrogens is 264 g/mol. The Kier molecular flexibility index (Phi) is 3.98. The number of nitrogens with zero attached hydrogens (tertiary/aromatic N) is 2. The summed E-state index contributed by atoms with van der Waals surface area (Å²) in [7, 11) is 0. The summed E-state index contributed by atoms with van der Waals surface area (Å²) in [5.41, 5.74) is 1.26. The molecule has 0 aliphatic carbocycles. The summed E-state index contributed by atoms with van der Waals surface area (Å²) in [6.45, 7) is 6.97. The molecule has 3 heteroatoms. The van der Waals surface area contributed by atoms with Gasteiger partial charge in [0.15, 0.2) is 0 Å². The molecule has 0 atom stereocenters. The molecule has 1 saturated heterocycles. The van der Waals surface area contributed by atoms with E-state index in [1.165, 1.54) is 31.6 Å². The molecule has 2 nitrogen and oxygen atoms in total. The highest BCUT2D eigenvalue weighted by molar-refractivity contribution is 9.10. The first-order valence-corrected chi connectivity index (χ1v) is 6.81. The van der Waals surface area contributed by atoms with Crippen molar-refractivity contribution in [1.82, 2.24) is 9.88 Å². The third-order valence-electron chi connectivity index (χ3n) is 3.43. The van der Waals surface area contributed by atoms with Crippen LogP contribution in [0.3, 0.4) is 0 Å². The Morgan fingerprint density at radius 3 is 2.50 bits per heavy atom. The van der Waals surface area contributed by atoms with Gasteiger partial charge in [0.2, 0.25) is 0 Å². The number of likely N-dealkylation sites (tertiary alicyclic amines) is 1. The Morgan fingerprint density at radius 2 is 2.00 bits per heavy atom. The number of hydrogen-bond acceptors (Lipinski definition) is 2. The molecule has 0 aromatic carbocycles. The minimum absolute atomic E-state index is 0.656. The van der Waals surface area contributed by atoms with Crippen molar-refractivity contribution in [2.75, 3.05) is 13.1 Å². The summed E-state index contributed by atoms with van der Waals surface area (Å²) in [6.07, 6.45) is 4.39. The topological polar surface area (TPSA) is 16.1 Å². The van der Waals surface area contributed by atoms with Gasteiger partial charge in [-0.05, 0) is 67.8 Å². The molecule has 1 aromatic heterocycles. The highest BCUT2D eigenvalue weighted by atomic mass is 79.9. The van der Waals surface area contributed by atoms with Gasteiger partial charge in [0, 0.05) is 28.3 Å². The minimum atomic E-state index is 0.656. The van der Waals surface area contributed by atoms with E-state index in [1.54, 1.807) is 0 Å². The highest BCUT2D eigenvalue weighted by Crippen LogP contribution is 2.27. The lowest BCUT2D eigenvalue weighted by atomic mass is 9.92. The highest BCUT2D eigenvalue weighted by Gasteiger charge is 2.22. The van der Waals surface area contributed by atoms with Crippen LogP contribution in [0.25, 0.3) is 0 Å². The maximum Gasteiger partial charge on any atom is 0.0436 e. The Hall–Kier alpha value is -0.410. The quantitative estimate of drug-likeness (QED) is 0.826. The fourth-order valence-electron chi connectivity index (χ4n) is 2.34. The summed E-state index contributed by atoms with van der Waals surface area (Å²) < 4.78 is 1.07. The third kappa shape index (κ3) is 2.83. The predicted octanol–water partition coefficient (Wildman–Crippen LogP) is 3.43. The molecule has 0 bridgehead atoms. The van der Waals surface area contributed by atoms with Crippen LogP contribution < -0.4 is 0 Å². The van der Waals surface area contributed by atoms with E-state index in [1.807, 2.05) is 6.20 Å². The molecule has 0 spiro atoms. The predicted molar refractivity (Wildman–Crippen MR) is 70.6 cm³/mol. The molecule has 2 rings (SSSR count). The van der Waals surface area contributed by atoms with Gasteiger partial charge in [0.1, 0.15) is 0 Å². The van der Waals surface area contributed by atoms with Crippen molar-refractivity contribution in [2.24, 2.45) is 0 Å². The fourth-order valence-corrected chi connectivity index (χ4v) is 2.57. The number of pyridine rings is 1. The second-order valence-electron chi connectivity index (χ2n) is 4.81. The van der Waals surface area contributed by atoms with E-state index in [-0.39, 0.29) is 0 Å². The minimum Gasteiger partial charge on any atom is -0.301 e. The van der Waals surface area contributed by atoms with Crippen molar-refractivity contribution in [3.63, 3.8) is 0 Å². The van der Waals surface area contributed by atoms with Crippen molar-refractivity contribution >= 4 is 15.9 Å². The Bertz CT molecular complexity index is 326. The molecule has 0 unspecified atom stereocenters. The monoisotopic (exact) mass is 282 g/mol. The van der Waals surface area contributed by atoms with Gasteiger partial charge in [0.05, 0.1) is 0 Å². The van der Waals surface area contributed by atoms with Crippen LogP contribution in [0.1, 0.15) is 38.3 Å². The summed E-state index contributed by atoms with van der Waals surface area (Å²) in [6, 6.07) is 4.93. The second-order valence-corrected chi connectivity index (χ2v) is 5.72. The third-order valence-corrected chi connectivity index (χ3v) is 3.90. The SMILES string of the molecule is CC(C)N1CCC(c2ccc(Br)cn2)CC1. The van der Waals surface area contributed by atoms with Crippen LogP contribution in [-0.2, 0) is 0 Å². The lowest BCUT2D eigenvalue weighted by Gasteiger charge is -2.34. The molecule has 0 radical (unpaired) electrons. The number of rotatable bonds is 2. The van der Waals surface area contributed by atoms with Crippen LogP contribution in [0.15, 0.2) is 22.8 Å². The van der Waals surface area contributed by atoms with Gasteiger partial charge in [-0.2, -0.15) is 0 Å². The molecule has 2 heterocycles. The van der Waals surface area contributed by atoms with Gasteiger partial charge in [-0.1, -0.05) is 0 Å². The Labute approximate surface area is 106 Å². The van der Waals surface area contributed by atoms with E-state index in [2.05, 4.69) is 51.8 Å². The average molecular weight is 283 g/mol. The molecule has 0 amide bonds. The van der Waals surface area contributed by atoms with Crippen LogP contribution in [0.2, 0.25) is 0 Å². The Morgan fingerprint density at radius 1 is 1.31 bits per heavy atom. The van der Waals surface area contributed by atoms with Gasteiger partial charge in [-0.3, -0.25) is 4.98 Å². The molecule has 1 aromatic rings. The molecule has 0 saturated carbocycles. The normalized spacial score (nSPS) is 19.2. The van der Waals surface area contributed by atoms with Gasteiger partial charge in [0.25, 0.3) is 0 Å². The van der Waals surface area contributed by atoms with Gasteiger partial charge < -0.3 is 4.90 Å². The molecule has 88 valence electrons. The fraction of sp³-hybridized carbons (Fsp3) is 0.615. The van der Waals surface area contributed by atoms with Crippen LogP contribution in [0.5, 0.6) is 0 Å². The second kappa shape index (κ2) is 5.28. The molecular formula is C13H19BrN2. The molecule has 0 N–H and O–H groups in total. The first-order chi connectivity index (χ1) is 7.66. The zero-order valence-electron chi connectivity index (χ0n) is 9.99. The molecule has 1 aliphatic heterocycles. The van der Waals surface area contributed by atoms with Crippen molar-refractivity contribution in [3.05, 3.63) is 28.5 Å². The molecule has 1 fully saturated rings. The maximum atomic E-state index is 4.51. The van der Waals surface area contributed by atoms with E-state index in [0.29, 0.717) is 12.0 Å². The van der Waals surface area contributed by atoms with Crippen LogP contribution in [-0.4, -0.2) is 29.0 Å². The first kappa shape index (κ1) is 12.1. The van der Waals surface area contributed by atoms with E-state index in [0.717, 1.165) is 4.47 Å². The number of piperidine rings is 1. The molecule has 16 heavy (non-hydrogen) atoms. The van der Waals surface area contributed by atoms with E-state index in [9.17, 15) is 0 Å². The summed E-state index contributed by atoms with van der Waals surface area (Å²) >= 11 is 3.43. The first-order valence-electron chi connectivity index (χ1n) is 6.02. The van der Waals surface area contributed by atoms with Gasteiger partial charge >= 0.3 is 0 Å². The number of halogens is 1. The summed E-state index contributed by atoms with van der Waals surface area (Å²) in [5, 5.41) is 0. The standard InChI is InChI=1S/C13H19BrN2/c1-10(2)16-7-5-11(6-8-16)13-4-3-12(14)9-15-13/h3-4,9-11H,5-8H2,1-2H3. The van der Waals surface area contributed by atoms with Crippen molar-refractivity contribution < 1.29 is 0 Å². The van der Waals surface area contributed by atoms with Crippen LogP contribution >= 0.6 is 15.9 Å². The average Bonchev–Trinajstić information content (AvgIpc) is 2.30. The van der Waals surface area contributed by atoms with E-state index < -0.39 is 0 Å². The smallest absolute Gasteiger partial charge is 0.0436 e. The van der Waals surface area contributed by atoms with Gasteiger partial charge in [-0.25, -0.2) is 0 Å². The number of aromatic nitrogens is 1. The van der Waals surface area contributed by atoms with E-state index >= 15 is 0 Å². The van der Waals surface area contributed by atoms with E-state index in [4.69, 9.17) is 0 Å². The Balaban J connectivity index is 1.96. The van der Waals surface area contributed by atoms with Crippen molar-refractivity contribution in [1.29, 1.82) is 0 Å². The lowest BCUT2D eigenvalue weighted by Crippen LogP contribution is -2.37. The van der Waals surface area contributed by atoms with Crippen molar-refractivity contribution in [3.8, 4) is 0 Å².